The number of hydrogen-bond donors (Lipinski definition) is 1. The minimum absolute atomic E-state index is 0.0306. The number of nitrogen functional groups attached to an aromatic ring is 1. The van der Waals surface area contributed by atoms with Gasteiger partial charge in [0.25, 0.3) is 0 Å². The Labute approximate surface area is 141 Å². The third-order valence-electron chi connectivity index (χ3n) is 4.39. The Morgan fingerprint density at radius 1 is 1.21 bits per heavy atom. The number of nitrogens with zero attached hydrogens (tertiary/aromatic N) is 3. The monoisotopic (exact) mass is 324 g/mol. The van der Waals surface area contributed by atoms with E-state index < -0.39 is 0 Å². The van der Waals surface area contributed by atoms with Crippen LogP contribution in [0.2, 0.25) is 0 Å². The van der Waals surface area contributed by atoms with Crippen molar-refractivity contribution in [2.45, 2.75) is 53.0 Å². The standard InChI is InChI=1S/C19H24N4O/c1-4-6-7-16-22-17-18(23(16)10-5-2)14-9-8-13(12(3)24)11-15(14)21-19(17)20/h8-9,11H,4-7,10H2,1-3H3,(H2,20,21). The summed E-state index contributed by atoms with van der Waals surface area (Å²) in [6.07, 6.45) is 4.20. The van der Waals surface area contributed by atoms with Gasteiger partial charge >= 0.3 is 0 Å². The average Bonchev–Trinajstić information content (AvgIpc) is 2.92. The van der Waals surface area contributed by atoms with E-state index >= 15 is 0 Å². The summed E-state index contributed by atoms with van der Waals surface area (Å²) in [6, 6.07) is 5.65. The number of carbonyl (C=O) groups excluding carboxylic acids is 1. The zero-order chi connectivity index (χ0) is 17.3. The predicted octanol–water partition coefficient (Wildman–Crippen LogP) is 4.12. The number of carbonyl (C=O) groups is 1. The van der Waals surface area contributed by atoms with E-state index in [-0.39, 0.29) is 5.78 Å². The van der Waals surface area contributed by atoms with Gasteiger partial charge in [-0.3, -0.25) is 4.79 Å². The van der Waals surface area contributed by atoms with Gasteiger partial charge in [-0.05, 0) is 31.9 Å². The largest absolute Gasteiger partial charge is 0.382 e. The number of nitrogens with two attached hydrogens (primary N) is 1. The van der Waals surface area contributed by atoms with Crippen molar-refractivity contribution in [3.05, 3.63) is 29.6 Å². The molecular weight excluding hydrogens is 300 g/mol. The summed E-state index contributed by atoms with van der Waals surface area (Å²) in [5.41, 5.74) is 9.41. The molecule has 2 N–H and O–H groups in total. The van der Waals surface area contributed by atoms with Crippen molar-refractivity contribution in [2.75, 3.05) is 5.73 Å². The van der Waals surface area contributed by atoms with Crippen LogP contribution < -0.4 is 5.73 Å². The smallest absolute Gasteiger partial charge is 0.159 e. The van der Waals surface area contributed by atoms with E-state index in [4.69, 9.17) is 10.7 Å². The molecule has 0 fully saturated rings. The van der Waals surface area contributed by atoms with Crippen molar-refractivity contribution in [3.63, 3.8) is 0 Å². The molecule has 126 valence electrons. The van der Waals surface area contributed by atoms with Crippen molar-refractivity contribution in [1.29, 1.82) is 0 Å². The molecule has 3 rings (SSSR count). The maximum atomic E-state index is 11.7. The lowest BCUT2D eigenvalue weighted by atomic mass is 10.1. The van der Waals surface area contributed by atoms with Crippen molar-refractivity contribution in [2.24, 2.45) is 0 Å². The van der Waals surface area contributed by atoms with Crippen molar-refractivity contribution < 1.29 is 4.79 Å². The van der Waals surface area contributed by atoms with Gasteiger partial charge in [0.15, 0.2) is 11.6 Å². The molecule has 24 heavy (non-hydrogen) atoms. The third-order valence-corrected chi connectivity index (χ3v) is 4.39. The van der Waals surface area contributed by atoms with Gasteiger partial charge in [-0.1, -0.05) is 26.3 Å². The summed E-state index contributed by atoms with van der Waals surface area (Å²) >= 11 is 0. The molecule has 1 aromatic carbocycles. The Kier molecular flexibility index (Phi) is 4.51. The number of pyridine rings is 1. The van der Waals surface area contributed by atoms with Gasteiger partial charge in [0, 0.05) is 23.9 Å². The molecule has 0 bridgehead atoms. The topological polar surface area (TPSA) is 73.8 Å². The van der Waals surface area contributed by atoms with Gasteiger partial charge in [0.2, 0.25) is 0 Å². The fraction of sp³-hybridized carbons (Fsp3) is 0.421. The van der Waals surface area contributed by atoms with Crippen LogP contribution in [0.3, 0.4) is 0 Å². The summed E-state index contributed by atoms with van der Waals surface area (Å²) in [7, 11) is 0. The number of aryl methyl sites for hydroxylation is 2. The zero-order valence-corrected chi connectivity index (χ0v) is 14.6. The molecule has 5 nitrogen and oxygen atoms in total. The highest BCUT2D eigenvalue weighted by molar-refractivity contribution is 6.08. The molecule has 0 amide bonds. The lowest BCUT2D eigenvalue weighted by Gasteiger charge is -2.10. The van der Waals surface area contributed by atoms with E-state index in [0.717, 1.165) is 60.0 Å². The Hall–Kier alpha value is -2.43. The Bertz CT molecular complexity index is 911. The summed E-state index contributed by atoms with van der Waals surface area (Å²) in [4.78, 5) is 20.9. The van der Waals surface area contributed by atoms with Crippen molar-refractivity contribution in [3.8, 4) is 0 Å². The van der Waals surface area contributed by atoms with Crippen molar-refractivity contribution >= 4 is 33.5 Å². The molecule has 0 spiro atoms. The molecule has 0 aliphatic rings. The SMILES string of the molecule is CCCCc1nc2c(N)nc3cc(C(C)=O)ccc3c2n1CCC. The first-order valence-electron chi connectivity index (χ1n) is 8.66. The number of aromatic nitrogens is 3. The van der Waals surface area contributed by atoms with Crippen LogP contribution in [0.5, 0.6) is 0 Å². The molecule has 0 aliphatic carbocycles. The molecule has 0 saturated heterocycles. The number of fused-ring (bicyclic) bond motifs is 3. The molecule has 0 saturated carbocycles. The highest BCUT2D eigenvalue weighted by Gasteiger charge is 2.17. The Morgan fingerprint density at radius 3 is 2.67 bits per heavy atom. The molecule has 0 atom stereocenters. The van der Waals surface area contributed by atoms with Gasteiger partial charge < -0.3 is 10.3 Å². The average molecular weight is 324 g/mol. The molecular formula is C19H24N4O. The molecule has 0 unspecified atom stereocenters. The molecule has 0 radical (unpaired) electrons. The van der Waals surface area contributed by atoms with Crippen LogP contribution in [0.4, 0.5) is 5.82 Å². The Morgan fingerprint density at radius 2 is 2.00 bits per heavy atom. The maximum Gasteiger partial charge on any atom is 0.159 e. The number of imidazole rings is 1. The third kappa shape index (κ3) is 2.75. The van der Waals surface area contributed by atoms with Crippen LogP contribution >= 0.6 is 0 Å². The van der Waals surface area contributed by atoms with E-state index in [1.165, 1.54) is 0 Å². The zero-order valence-electron chi connectivity index (χ0n) is 14.6. The summed E-state index contributed by atoms with van der Waals surface area (Å²) < 4.78 is 2.28. The van der Waals surface area contributed by atoms with Gasteiger partial charge in [0.05, 0.1) is 11.0 Å². The highest BCUT2D eigenvalue weighted by atomic mass is 16.1. The second kappa shape index (κ2) is 6.59. The maximum absolute atomic E-state index is 11.7. The molecule has 2 heterocycles. The first-order valence-corrected chi connectivity index (χ1v) is 8.66. The number of Topliss-reactive ketones (excluding diaryl/α,β-unsaturated/α-hetero) is 1. The normalized spacial score (nSPS) is 11.5. The second-order valence-corrected chi connectivity index (χ2v) is 6.27. The van der Waals surface area contributed by atoms with E-state index in [1.807, 2.05) is 18.2 Å². The number of hydrogen-bond acceptors (Lipinski definition) is 4. The van der Waals surface area contributed by atoms with Gasteiger partial charge in [-0.25, -0.2) is 9.97 Å². The first kappa shape index (κ1) is 16.4. The van der Waals surface area contributed by atoms with E-state index in [1.54, 1.807) is 6.92 Å². The van der Waals surface area contributed by atoms with Gasteiger partial charge in [-0.15, -0.1) is 0 Å². The minimum Gasteiger partial charge on any atom is -0.382 e. The molecule has 0 aliphatic heterocycles. The summed E-state index contributed by atoms with van der Waals surface area (Å²) in [6.45, 7) is 6.81. The second-order valence-electron chi connectivity index (χ2n) is 6.27. The van der Waals surface area contributed by atoms with Crippen LogP contribution in [0.15, 0.2) is 18.2 Å². The lowest BCUT2D eigenvalue weighted by molar-refractivity contribution is 0.101. The van der Waals surface area contributed by atoms with Crippen LogP contribution in [-0.2, 0) is 13.0 Å². The number of ketones is 1. The Balaban J connectivity index is 2.32. The van der Waals surface area contributed by atoms with Crippen LogP contribution in [-0.4, -0.2) is 20.3 Å². The predicted molar refractivity (Wildman–Crippen MR) is 98.4 cm³/mol. The molecule has 3 aromatic rings. The van der Waals surface area contributed by atoms with Gasteiger partial charge in [0.1, 0.15) is 11.3 Å². The minimum atomic E-state index is 0.0306. The summed E-state index contributed by atoms with van der Waals surface area (Å²) in [5.74, 6) is 1.54. The molecule has 2 aromatic heterocycles. The van der Waals surface area contributed by atoms with Crippen molar-refractivity contribution in [1.82, 2.24) is 14.5 Å². The lowest BCUT2D eigenvalue weighted by Crippen LogP contribution is -2.04. The van der Waals surface area contributed by atoms with E-state index in [2.05, 4.69) is 23.4 Å². The number of rotatable bonds is 6. The first-order chi connectivity index (χ1) is 11.6. The number of unbranched alkanes of at least 4 members (excludes halogenated alkanes) is 1. The number of anilines is 1. The van der Waals surface area contributed by atoms with E-state index in [9.17, 15) is 4.79 Å². The summed E-state index contributed by atoms with van der Waals surface area (Å²) in [5, 5.41) is 1.01. The van der Waals surface area contributed by atoms with Crippen LogP contribution in [0.25, 0.3) is 21.9 Å². The van der Waals surface area contributed by atoms with Gasteiger partial charge in [-0.2, -0.15) is 0 Å². The number of benzene rings is 1. The van der Waals surface area contributed by atoms with Crippen LogP contribution in [0, 0.1) is 0 Å². The van der Waals surface area contributed by atoms with Crippen LogP contribution in [0.1, 0.15) is 56.2 Å². The molecule has 5 heteroatoms. The highest BCUT2D eigenvalue weighted by Crippen LogP contribution is 2.30. The van der Waals surface area contributed by atoms with E-state index in [0.29, 0.717) is 11.4 Å². The quantitative estimate of drug-likeness (QED) is 0.692. The fourth-order valence-electron chi connectivity index (χ4n) is 3.17. The fourth-order valence-corrected chi connectivity index (χ4v) is 3.17.